The zero-order valence-electron chi connectivity index (χ0n) is 23.2. The highest BCUT2D eigenvalue weighted by atomic mass is 35.5. The number of hydroxylamine groups is 1. The molecule has 0 bridgehead atoms. The largest absolute Gasteiger partial charge is 0.486 e. The van der Waals surface area contributed by atoms with Crippen LogP contribution >= 0.6 is 11.6 Å². The normalized spacial score (nSPS) is 19.5. The summed E-state index contributed by atoms with van der Waals surface area (Å²) in [6, 6.07) is 3.94. The number of aryl methyl sites for hydroxylation is 1. The van der Waals surface area contributed by atoms with Gasteiger partial charge in [0.1, 0.15) is 22.9 Å². The van der Waals surface area contributed by atoms with Crippen molar-refractivity contribution in [2.45, 2.75) is 76.5 Å². The maximum atomic E-state index is 13.9. The maximum absolute atomic E-state index is 13.9. The highest BCUT2D eigenvalue weighted by Crippen LogP contribution is 2.42. The van der Waals surface area contributed by atoms with E-state index in [1.807, 2.05) is 13.8 Å². The molecule has 0 radical (unpaired) electrons. The molecular weight excluding hydrogens is 609 g/mol. The molecule has 42 heavy (non-hydrogen) atoms. The number of hydrogen-bond acceptors (Lipinski definition) is 9. The van der Waals surface area contributed by atoms with Crippen molar-refractivity contribution in [2.75, 3.05) is 16.2 Å². The van der Waals surface area contributed by atoms with Crippen molar-refractivity contribution in [1.82, 2.24) is 20.6 Å². The van der Waals surface area contributed by atoms with E-state index in [1.165, 1.54) is 29.1 Å². The van der Waals surface area contributed by atoms with Gasteiger partial charge in [-0.25, -0.2) is 18.0 Å². The smallest absolute Gasteiger partial charge is 0.427 e. The summed E-state index contributed by atoms with van der Waals surface area (Å²) in [5, 5.41) is 8.58. The van der Waals surface area contributed by atoms with E-state index in [0.29, 0.717) is 20.4 Å². The molecule has 2 atom stereocenters. The molecule has 0 saturated carbocycles. The van der Waals surface area contributed by atoms with Crippen molar-refractivity contribution in [3.63, 3.8) is 0 Å². The molecule has 2 aliphatic heterocycles. The van der Waals surface area contributed by atoms with Crippen LogP contribution in [0.1, 0.15) is 41.0 Å². The average molecular weight is 639 g/mol. The third-order valence-corrected chi connectivity index (χ3v) is 8.98. The van der Waals surface area contributed by atoms with E-state index in [2.05, 4.69) is 25.9 Å². The van der Waals surface area contributed by atoms with E-state index in [-0.39, 0.29) is 40.1 Å². The lowest BCUT2D eigenvalue weighted by Crippen LogP contribution is -2.50. The number of hydrogen-bond donors (Lipinski definition) is 3. The Morgan fingerprint density at radius 2 is 1.95 bits per heavy atom. The molecular formula is C24H30ClF3N6O7S. The summed E-state index contributed by atoms with van der Waals surface area (Å²) < 4.78 is 80.5. The van der Waals surface area contributed by atoms with E-state index in [1.54, 1.807) is 6.92 Å². The fourth-order valence-electron chi connectivity index (χ4n) is 4.34. The number of fused-ring (bicyclic) bond motifs is 1. The van der Waals surface area contributed by atoms with E-state index in [0.717, 1.165) is 4.31 Å². The van der Waals surface area contributed by atoms with Gasteiger partial charge in [0.05, 0.1) is 12.2 Å². The number of alkyl halides is 3. The standard InChI is InChI=1S/C24H30ClF3N6O7S/c1-6-33-12-17(18(25)31-33)42(37,38)34-11-14(10-22(2,3)19-30-21(36)41-32-19)39-16-8-7-13(9-15(16)34)29-20(35)40-23(4,5)24(26,27)28/h7-9,12,14,19,32H,6,10-11H2,1-5H3,(H,29,35)(H,30,36)/t14-,19?/m1/s1. The van der Waals surface area contributed by atoms with Crippen molar-refractivity contribution in [3.8, 4) is 5.75 Å². The first-order valence-corrected chi connectivity index (χ1v) is 14.5. The molecule has 18 heteroatoms. The maximum Gasteiger partial charge on any atom is 0.427 e. The Morgan fingerprint density at radius 1 is 1.26 bits per heavy atom. The fourth-order valence-corrected chi connectivity index (χ4v) is 6.29. The molecule has 1 fully saturated rings. The van der Waals surface area contributed by atoms with Gasteiger partial charge >= 0.3 is 18.4 Å². The number of sulfonamides is 1. The molecule has 1 unspecified atom stereocenters. The van der Waals surface area contributed by atoms with Crippen LogP contribution in [-0.4, -0.2) is 61.0 Å². The predicted octanol–water partition coefficient (Wildman–Crippen LogP) is 4.39. The van der Waals surface area contributed by atoms with Gasteiger partial charge in [0, 0.05) is 23.8 Å². The minimum Gasteiger partial charge on any atom is -0.486 e. The summed E-state index contributed by atoms with van der Waals surface area (Å²) in [5.74, 6) is 0.110. The summed E-state index contributed by atoms with van der Waals surface area (Å²) in [6.45, 7) is 6.91. The van der Waals surface area contributed by atoms with E-state index in [9.17, 15) is 31.2 Å². The topological polar surface area (TPSA) is 153 Å². The molecule has 232 valence electrons. The van der Waals surface area contributed by atoms with Crippen LogP contribution in [0.4, 0.5) is 34.1 Å². The number of halogens is 4. The lowest BCUT2D eigenvalue weighted by Gasteiger charge is -2.39. The number of rotatable bonds is 8. The van der Waals surface area contributed by atoms with Crippen LogP contribution in [0, 0.1) is 5.41 Å². The van der Waals surface area contributed by atoms with Gasteiger partial charge in [0.15, 0.2) is 5.15 Å². The van der Waals surface area contributed by atoms with E-state index in [4.69, 9.17) is 21.2 Å². The summed E-state index contributed by atoms with van der Waals surface area (Å²) in [7, 11) is -4.37. The minimum atomic E-state index is -4.83. The molecule has 1 aromatic heterocycles. The minimum absolute atomic E-state index is 0.00659. The highest BCUT2D eigenvalue weighted by Gasteiger charge is 2.51. The van der Waals surface area contributed by atoms with Gasteiger partial charge in [-0.2, -0.15) is 18.3 Å². The third-order valence-electron chi connectivity index (χ3n) is 6.81. The number of ether oxygens (including phenoxy) is 2. The fraction of sp³-hybridized carbons (Fsp3) is 0.542. The molecule has 0 aliphatic carbocycles. The molecule has 2 amide bonds. The number of nitrogens with one attached hydrogen (secondary N) is 3. The number of anilines is 2. The number of carbonyl (C=O) groups excluding carboxylic acids is 2. The second-order valence-electron chi connectivity index (χ2n) is 10.9. The lowest BCUT2D eigenvalue weighted by molar-refractivity contribution is -0.242. The second-order valence-corrected chi connectivity index (χ2v) is 13.1. The third kappa shape index (κ3) is 6.32. The second kappa shape index (κ2) is 11.0. The summed E-state index contributed by atoms with van der Waals surface area (Å²) in [6.07, 6.45) is -6.71. The zero-order chi connectivity index (χ0) is 31.3. The summed E-state index contributed by atoms with van der Waals surface area (Å²) in [5.41, 5.74) is -0.935. The van der Waals surface area contributed by atoms with Crippen molar-refractivity contribution >= 4 is 45.2 Å². The summed E-state index contributed by atoms with van der Waals surface area (Å²) >= 11 is 6.20. The number of aromatic nitrogens is 2. The molecule has 1 aromatic carbocycles. The van der Waals surface area contributed by atoms with Crippen LogP contribution in [0.5, 0.6) is 5.75 Å². The van der Waals surface area contributed by atoms with E-state index >= 15 is 0 Å². The van der Waals surface area contributed by atoms with Crippen LogP contribution in [0.3, 0.4) is 0 Å². The molecule has 4 rings (SSSR count). The Bertz CT molecular complexity index is 1480. The van der Waals surface area contributed by atoms with Crippen molar-refractivity contribution in [3.05, 3.63) is 29.5 Å². The van der Waals surface area contributed by atoms with Gasteiger partial charge in [-0.15, -0.1) is 5.48 Å². The van der Waals surface area contributed by atoms with Gasteiger partial charge < -0.3 is 19.6 Å². The summed E-state index contributed by atoms with van der Waals surface area (Å²) in [4.78, 5) is 28.4. The first-order valence-electron chi connectivity index (χ1n) is 12.7. The van der Waals surface area contributed by atoms with Crippen LogP contribution in [0.2, 0.25) is 5.15 Å². The number of benzene rings is 1. The average Bonchev–Trinajstić information content (AvgIpc) is 3.48. The lowest BCUT2D eigenvalue weighted by atomic mass is 9.83. The van der Waals surface area contributed by atoms with Gasteiger partial charge in [-0.3, -0.25) is 14.3 Å². The van der Waals surface area contributed by atoms with E-state index < -0.39 is 51.7 Å². The highest BCUT2D eigenvalue weighted by molar-refractivity contribution is 7.93. The number of nitrogens with zero attached hydrogens (tertiary/aromatic N) is 3. The number of amides is 2. The molecule has 0 spiro atoms. The number of carbonyl (C=O) groups is 2. The van der Waals surface area contributed by atoms with Crippen molar-refractivity contribution < 1.29 is 45.5 Å². The zero-order valence-corrected chi connectivity index (χ0v) is 24.8. The van der Waals surface area contributed by atoms with Gasteiger partial charge in [-0.05, 0) is 45.4 Å². The Morgan fingerprint density at radius 3 is 2.52 bits per heavy atom. The molecule has 3 N–H and O–H groups in total. The molecule has 1 saturated heterocycles. The Labute approximate surface area is 244 Å². The molecule has 13 nitrogen and oxygen atoms in total. The molecule has 3 heterocycles. The van der Waals surface area contributed by atoms with Gasteiger partial charge in [0.2, 0.25) is 5.60 Å². The quantitative estimate of drug-likeness (QED) is 0.382. The van der Waals surface area contributed by atoms with Crippen molar-refractivity contribution in [1.29, 1.82) is 0 Å². The van der Waals surface area contributed by atoms with Crippen LogP contribution in [0.15, 0.2) is 29.3 Å². The Hall–Kier alpha value is -3.44. The van der Waals surface area contributed by atoms with Gasteiger partial charge in [0.25, 0.3) is 10.0 Å². The Balaban J connectivity index is 1.68. The predicted molar refractivity (Wildman–Crippen MR) is 143 cm³/mol. The van der Waals surface area contributed by atoms with Crippen molar-refractivity contribution in [2.24, 2.45) is 5.41 Å². The monoisotopic (exact) mass is 638 g/mol. The van der Waals surface area contributed by atoms with Crippen LogP contribution in [-0.2, 0) is 26.1 Å². The molecule has 2 aromatic rings. The Kier molecular flexibility index (Phi) is 8.25. The van der Waals surface area contributed by atoms with Crippen LogP contribution in [0.25, 0.3) is 0 Å². The SMILES string of the molecule is CCn1cc(S(=O)(=O)N2C[C@@H](CC(C)(C)C3NOC(=O)N3)Oc3ccc(NC(=O)OC(C)(C)C(F)(F)F)cc32)c(Cl)n1. The van der Waals surface area contributed by atoms with Crippen LogP contribution < -0.4 is 25.2 Å². The first-order chi connectivity index (χ1) is 19.3. The first kappa shape index (κ1) is 31.5. The molecule has 2 aliphatic rings. The van der Waals surface area contributed by atoms with Gasteiger partial charge in [-0.1, -0.05) is 25.4 Å².